The number of amides is 2. The van der Waals surface area contributed by atoms with E-state index in [0.29, 0.717) is 26.0 Å². The highest BCUT2D eigenvalue weighted by Gasteiger charge is 2.26. The van der Waals surface area contributed by atoms with Gasteiger partial charge in [0.1, 0.15) is 6.04 Å². The normalized spacial score (nSPS) is 20.6. The molecule has 0 aromatic heterocycles. The molecule has 1 fully saturated rings. The van der Waals surface area contributed by atoms with E-state index in [2.05, 4.69) is 10.6 Å². The first-order valence-corrected chi connectivity index (χ1v) is 4.80. The topological polar surface area (TPSA) is 67.4 Å². The number of carbonyl (C=O) groups excluding carboxylic acids is 2. The first-order valence-electron chi connectivity index (χ1n) is 4.80. The molecule has 1 rings (SSSR count). The van der Waals surface area contributed by atoms with E-state index in [0.717, 1.165) is 6.42 Å². The SMILES string of the molecule is COCCCNC(=O)[C@H]1CCC(=O)N1. The highest BCUT2D eigenvalue weighted by molar-refractivity contribution is 5.90. The van der Waals surface area contributed by atoms with Crippen molar-refractivity contribution < 1.29 is 14.3 Å². The van der Waals surface area contributed by atoms with Gasteiger partial charge in [0.05, 0.1) is 0 Å². The molecule has 0 aromatic carbocycles. The number of hydrogen-bond donors (Lipinski definition) is 2. The summed E-state index contributed by atoms with van der Waals surface area (Å²) in [5, 5.41) is 5.36. The Balaban J connectivity index is 2.12. The third kappa shape index (κ3) is 3.33. The van der Waals surface area contributed by atoms with Gasteiger partial charge in [-0.3, -0.25) is 9.59 Å². The maximum absolute atomic E-state index is 11.4. The molecule has 5 heteroatoms. The Morgan fingerprint density at radius 1 is 1.71 bits per heavy atom. The van der Waals surface area contributed by atoms with Gasteiger partial charge in [-0.25, -0.2) is 0 Å². The minimum atomic E-state index is -0.329. The highest BCUT2D eigenvalue weighted by Crippen LogP contribution is 2.05. The van der Waals surface area contributed by atoms with E-state index in [1.807, 2.05) is 0 Å². The summed E-state index contributed by atoms with van der Waals surface area (Å²) in [5.74, 6) is -0.131. The smallest absolute Gasteiger partial charge is 0.242 e. The first kappa shape index (κ1) is 11.0. The summed E-state index contributed by atoms with van der Waals surface area (Å²) in [7, 11) is 1.62. The zero-order chi connectivity index (χ0) is 10.4. The lowest BCUT2D eigenvalue weighted by Gasteiger charge is -2.10. The summed E-state index contributed by atoms with van der Waals surface area (Å²) in [6.45, 7) is 1.23. The quantitative estimate of drug-likeness (QED) is 0.583. The van der Waals surface area contributed by atoms with Crippen LogP contribution in [0.3, 0.4) is 0 Å². The number of ether oxygens (including phenoxy) is 1. The van der Waals surface area contributed by atoms with Crippen molar-refractivity contribution in [1.82, 2.24) is 10.6 Å². The Morgan fingerprint density at radius 2 is 2.50 bits per heavy atom. The minimum Gasteiger partial charge on any atom is -0.385 e. The minimum absolute atomic E-state index is 0.0398. The van der Waals surface area contributed by atoms with E-state index >= 15 is 0 Å². The summed E-state index contributed by atoms with van der Waals surface area (Å²) < 4.78 is 4.85. The molecule has 0 aromatic rings. The second kappa shape index (κ2) is 5.59. The Kier molecular flexibility index (Phi) is 4.39. The van der Waals surface area contributed by atoms with Crippen molar-refractivity contribution in [1.29, 1.82) is 0 Å². The number of rotatable bonds is 5. The molecule has 0 spiro atoms. The lowest BCUT2D eigenvalue weighted by Crippen LogP contribution is -2.42. The molecule has 1 aliphatic heterocycles. The molecule has 0 unspecified atom stereocenters. The molecule has 80 valence electrons. The largest absolute Gasteiger partial charge is 0.385 e. The molecule has 0 aliphatic carbocycles. The zero-order valence-corrected chi connectivity index (χ0v) is 8.34. The van der Waals surface area contributed by atoms with Crippen molar-refractivity contribution in [3.63, 3.8) is 0 Å². The van der Waals surface area contributed by atoms with Gasteiger partial charge in [-0.05, 0) is 12.8 Å². The Hall–Kier alpha value is -1.10. The Morgan fingerprint density at radius 3 is 3.07 bits per heavy atom. The van der Waals surface area contributed by atoms with Crippen LogP contribution in [0, 0.1) is 0 Å². The van der Waals surface area contributed by atoms with Gasteiger partial charge in [-0.1, -0.05) is 0 Å². The lowest BCUT2D eigenvalue weighted by atomic mass is 10.2. The van der Waals surface area contributed by atoms with E-state index in [4.69, 9.17) is 4.74 Å². The van der Waals surface area contributed by atoms with Crippen LogP contribution in [-0.2, 0) is 14.3 Å². The van der Waals surface area contributed by atoms with Crippen LogP contribution >= 0.6 is 0 Å². The van der Waals surface area contributed by atoms with Gasteiger partial charge in [0, 0.05) is 26.7 Å². The fraction of sp³-hybridized carbons (Fsp3) is 0.778. The van der Waals surface area contributed by atoms with Gasteiger partial charge < -0.3 is 15.4 Å². The molecule has 2 N–H and O–H groups in total. The maximum Gasteiger partial charge on any atom is 0.242 e. The summed E-state index contributed by atoms with van der Waals surface area (Å²) in [4.78, 5) is 22.2. The van der Waals surface area contributed by atoms with Crippen LogP contribution in [0.15, 0.2) is 0 Å². The van der Waals surface area contributed by atoms with Crippen LogP contribution < -0.4 is 10.6 Å². The average molecular weight is 200 g/mol. The van der Waals surface area contributed by atoms with Crippen molar-refractivity contribution in [3.05, 3.63) is 0 Å². The monoisotopic (exact) mass is 200 g/mol. The van der Waals surface area contributed by atoms with Crippen LogP contribution in [0.5, 0.6) is 0 Å². The molecule has 0 bridgehead atoms. The molecule has 14 heavy (non-hydrogen) atoms. The molecule has 0 saturated carbocycles. The number of hydrogen-bond acceptors (Lipinski definition) is 3. The summed E-state index contributed by atoms with van der Waals surface area (Å²) >= 11 is 0. The molecule has 2 amide bonds. The van der Waals surface area contributed by atoms with Crippen molar-refractivity contribution in [2.45, 2.75) is 25.3 Å². The molecule has 1 atom stereocenters. The van der Waals surface area contributed by atoms with Crippen LogP contribution in [0.4, 0.5) is 0 Å². The van der Waals surface area contributed by atoms with Gasteiger partial charge in [0.15, 0.2) is 0 Å². The molecular formula is C9H16N2O3. The first-order chi connectivity index (χ1) is 6.74. The van der Waals surface area contributed by atoms with Crippen molar-refractivity contribution >= 4 is 11.8 Å². The second-order valence-electron chi connectivity index (χ2n) is 3.30. The Bertz CT molecular complexity index is 218. The van der Waals surface area contributed by atoms with Crippen molar-refractivity contribution in [2.75, 3.05) is 20.3 Å². The second-order valence-corrected chi connectivity index (χ2v) is 3.30. The van der Waals surface area contributed by atoms with Gasteiger partial charge in [-0.15, -0.1) is 0 Å². The molecule has 5 nitrogen and oxygen atoms in total. The number of carbonyl (C=O) groups is 2. The van der Waals surface area contributed by atoms with E-state index in [-0.39, 0.29) is 17.9 Å². The van der Waals surface area contributed by atoms with Crippen LogP contribution in [0.2, 0.25) is 0 Å². The van der Waals surface area contributed by atoms with Crippen molar-refractivity contribution in [3.8, 4) is 0 Å². The highest BCUT2D eigenvalue weighted by atomic mass is 16.5. The molecule has 1 aliphatic rings. The van der Waals surface area contributed by atoms with Crippen LogP contribution in [-0.4, -0.2) is 38.1 Å². The van der Waals surface area contributed by atoms with Gasteiger partial charge >= 0.3 is 0 Å². The summed E-state index contributed by atoms with van der Waals surface area (Å²) in [6, 6.07) is -0.329. The lowest BCUT2D eigenvalue weighted by molar-refractivity contribution is -0.125. The molecule has 1 saturated heterocycles. The van der Waals surface area contributed by atoms with Gasteiger partial charge in [0.25, 0.3) is 0 Å². The van der Waals surface area contributed by atoms with Gasteiger partial charge in [-0.2, -0.15) is 0 Å². The van der Waals surface area contributed by atoms with E-state index in [1.165, 1.54) is 0 Å². The summed E-state index contributed by atoms with van der Waals surface area (Å²) in [6.07, 6.45) is 1.86. The van der Waals surface area contributed by atoms with Crippen molar-refractivity contribution in [2.24, 2.45) is 0 Å². The maximum atomic E-state index is 11.4. The summed E-state index contributed by atoms with van der Waals surface area (Å²) in [5.41, 5.74) is 0. The van der Waals surface area contributed by atoms with Crippen LogP contribution in [0.25, 0.3) is 0 Å². The fourth-order valence-corrected chi connectivity index (χ4v) is 1.36. The average Bonchev–Trinajstić information content (AvgIpc) is 2.59. The van der Waals surface area contributed by atoms with Gasteiger partial charge in [0.2, 0.25) is 11.8 Å². The third-order valence-electron chi connectivity index (χ3n) is 2.14. The van der Waals surface area contributed by atoms with E-state index < -0.39 is 0 Å². The zero-order valence-electron chi connectivity index (χ0n) is 8.34. The van der Waals surface area contributed by atoms with E-state index in [9.17, 15) is 9.59 Å². The Labute approximate surface area is 83.2 Å². The molecule has 1 heterocycles. The number of nitrogens with one attached hydrogen (secondary N) is 2. The number of methoxy groups -OCH3 is 1. The standard InChI is InChI=1S/C9H16N2O3/c1-14-6-2-5-10-9(13)7-3-4-8(12)11-7/h7H,2-6H2,1H3,(H,10,13)(H,11,12)/t7-/m1/s1. The predicted octanol–water partition coefficient (Wildman–Crippen LogP) is -0.582. The predicted molar refractivity (Wildman–Crippen MR) is 50.7 cm³/mol. The molecule has 0 radical (unpaired) electrons. The fourth-order valence-electron chi connectivity index (χ4n) is 1.36. The third-order valence-corrected chi connectivity index (χ3v) is 2.14. The van der Waals surface area contributed by atoms with E-state index in [1.54, 1.807) is 7.11 Å². The molecular weight excluding hydrogens is 184 g/mol. The van der Waals surface area contributed by atoms with Crippen LogP contribution in [0.1, 0.15) is 19.3 Å².